The number of ether oxygens (including phenoxy) is 1. The van der Waals surface area contributed by atoms with Crippen molar-refractivity contribution in [2.75, 3.05) is 11.5 Å². The molecule has 2 aliphatic heterocycles. The molecule has 0 aliphatic carbocycles. The van der Waals surface area contributed by atoms with Crippen LogP contribution in [-0.4, -0.2) is 65.8 Å². The molecule has 0 spiro atoms. The lowest BCUT2D eigenvalue weighted by Crippen LogP contribution is -2.70. The molecule has 0 radical (unpaired) electrons. The Balaban J connectivity index is 1.21. The summed E-state index contributed by atoms with van der Waals surface area (Å²) < 4.78 is 11.7. The minimum atomic E-state index is -1.22. The van der Waals surface area contributed by atoms with Crippen molar-refractivity contribution in [1.29, 1.82) is 0 Å². The summed E-state index contributed by atoms with van der Waals surface area (Å²) in [6, 6.07) is 5.71. The maximum absolute atomic E-state index is 12.9. The first-order valence-electron chi connectivity index (χ1n) is 11.4. The van der Waals surface area contributed by atoms with Crippen molar-refractivity contribution in [3.8, 4) is 5.75 Å². The van der Waals surface area contributed by atoms with Crippen LogP contribution in [0.25, 0.3) is 0 Å². The summed E-state index contributed by atoms with van der Waals surface area (Å²) in [7, 11) is 0. The smallest absolute Gasteiger partial charge is 0.352 e. The van der Waals surface area contributed by atoms with Crippen LogP contribution in [0.2, 0.25) is 5.02 Å². The number of carbonyl (C=O) groups is 3. The second kappa shape index (κ2) is 11.5. The molecule has 4 heterocycles. The molecule has 2 atom stereocenters. The molecule has 3 aromatic rings. The number of thioether (sulfide) groups is 2. The number of aryl methyl sites for hydroxylation is 1. The van der Waals surface area contributed by atoms with Crippen molar-refractivity contribution in [3.05, 3.63) is 73.3 Å². The van der Waals surface area contributed by atoms with Gasteiger partial charge in [0, 0.05) is 17.6 Å². The molecule has 1 aromatic carbocycles. The van der Waals surface area contributed by atoms with E-state index in [1.54, 1.807) is 0 Å². The van der Waals surface area contributed by atoms with Crippen LogP contribution in [0.4, 0.5) is 5.69 Å². The van der Waals surface area contributed by atoms with E-state index in [2.05, 4.69) is 15.5 Å². The predicted molar refractivity (Wildman–Crippen MR) is 146 cm³/mol. The number of carboxylic acid groups (broad SMARTS) is 1. The van der Waals surface area contributed by atoms with Crippen molar-refractivity contribution in [2.24, 2.45) is 0 Å². The number of furan rings is 1. The summed E-state index contributed by atoms with van der Waals surface area (Å²) in [5, 5.41) is 31.8. The number of rotatable bonds is 10. The molecule has 208 valence electrons. The van der Waals surface area contributed by atoms with Crippen molar-refractivity contribution in [2.45, 2.75) is 29.3 Å². The molecule has 13 nitrogen and oxygen atoms in total. The molecular formula is C23H18ClN5O8S3. The number of non-ortho nitro benzene ring substituents is 1. The molecule has 1 fully saturated rings. The Bertz CT molecular complexity index is 1560. The van der Waals surface area contributed by atoms with E-state index in [-0.39, 0.29) is 40.3 Å². The lowest BCUT2D eigenvalue weighted by Gasteiger charge is -2.49. The van der Waals surface area contributed by atoms with Gasteiger partial charge in [-0.05, 0) is 30.7 Å². The summed E-state index contributed by atoms with van der Waals surface area (Å²) >= 11 is 10.1. The number of nitrogens with zero attached hydrogens (tertiary/aromatic N) is 4. The Kier molecular flexibility index (Phi) is 8.02. The molecule has 40 heavy (non-hydrogen) atoms. The zero-order valence-corrected chi connectivity index (χ0v) is 23.6. The quantitative estimate of drug-likeness (QED) is 0.145. The summed E-state index contributed by atoms with van der Waals surface area (Å²) in [5.41, 5.74) is 0.312. The predicted octanol–water partition coefficient (Wildman–Crippen LogP) is 3.72. The number of hydrogen-bond donors (Lipinski definition) is 2. The van der Waals surface area contributed by atoms with Crippen molar-refractivity contribution >= 4 is 69.9 Å². The Morgan fingerprint density at radius 1 is 1.35 bits per heavy atom. The maximum Gasteiger partial charge on any atom is 0.352 e. The largest absolute Gasteiger partial charge is 0.484 e. The van der Waals surface area contributed by atoms with Gasteiger partial charge in [0.05, 0.1) is 16.0 Å². The lowest BCUT2D eigenvalue weighted by atomic mass is 10.0. The first kappa shape index (κ1) is 27.9. The van der Waals surface area contributed by atoms with Crippen molar-refractivity contribution in [3.63, 3.8) is 0 Å². The van der Waals surface area contributed by atoms with Gasteiger partial charge < -0.3 is 19.6 Å². The Labute approximate surface area is 243 Å². The average Bonchev–Trinajstić information content (AvgIpc) is 3.58. The maximum atomic E-state index is 12.9. The van der Waals surface area contributed by atoms with E-state index < -0.39 is 34.1 Å². The van der Waals surface area contributed by atoms with Gasteiger partial charge in [-0.25, -0.2) is 4.79 Å². The van der Waals surface area contributed by atoms with Crippen molar-refractivity contribution < 1.29 is 33.6 Å². The Morgan fingerprint density at radius 2 is 2.15 bits per heavy atom. The Morgan fingerprint density at radius 3 is 2.85 bits per heavy atom. The number of nitrogens with one attached hydrogen (secondary N) is 1. The molecule has 2 amide bonds. The minimum absolute atomic E-state index is 0.0752. The number of halogens is 1. The highest BCUT2D eigenvalue weighted by Crippen LogP contribution is 2.42. The third-order valence-electron chi connectivity index (χ3n) is 5.79. The van der Waals surface area contributed by atoms with E-state index in [0.717, 1.165) is 5.01 Å². The zero-order valence-electron chi connectivity index (χ0n) is 20.4. The lowest BCUT2D eigenvalue weighted by molar-refractivity contribution is -0.384. The third kappa shape index (κ3) is 5.65. The van der Waals surface area contributed by atoms with Crippen LogP contribution in [-0.2, 0) is 16.2 Å². The van der Waals surface area contributed by atoms with Crippen LogP contribution in [0, 0.1) is 17.0 Å². The highest BCUT2D eigenvalue weighted by Gasteiger charge is 2.54. The number of benzene rings is 1. The third-order valence-corrected chi connectivity index (χ3v) is 9.50. The second-order valence-electron chi connectivity index (χ2n) is 8.42. The number of amides is 2. The molecule has 17 heteroatoms. The van der Waals surface area contributed by atoms with Crippen LogP contribution in [0.15, 0.2) is 50.4 Å². The van der Waals surface area contributed by atoms with E-state index in [4.69, 9.17) is 20.8 Å². The minimum Gasteiger partial charge on any atom is -0.484 e. The van der Waals surface area contributed by atoms with E-state index in [1.165, 1.54) is 70.1 Å². The van der Waals surface area contributed by atoms with Crippen LogP contribution in [0.5, 0.6) is 5.75 Å². The van der Waals surface area contributed by atoms with Gasteiger partial charge in [0.25, 0.3) is 17.5 Å². The zero-order chi connectivity index (χ0) is 28.6. The van der Waals surface area contributed by atoms with Gasteiger partial charge in [-0.2, -0.15) is 0 Å². The number of carboxylic acids is 1. The van der Waals surface area contributed by atoms with Crippen LogP contribution >= 0.6 is 46.5 Å². The molecule has 2 aliphatic rings. The summed E-state index contributed by atoms with van der Waals surface area (Å²) in [6.45, 7) is 1.67. The highest BCUT2D eigenvalue weighted by atomic mass is 35.5. The van der Waals surface area contributed by atoms with Crippen LogP contribution < -0.4 is 10.1 Å². The van der Waals surface area contributed by atoms with Crippen molar-refractivity contribution in [1.82, 2.24) is 20.4 Å². The van der Waals surface area contributed by atoms with Gasteiger partial charge >= 0.3 is 5.97 Å². The number of carbonyl (C=O) groups excluding carboxylic acids is 2. The molecule has 0 saturated carbocycles. The van der Waals surface area contributed by atoms with Crippen LogP contribution in [0.3, 0.4) is 0 Å². The molecular weight excluding hydrogens is 606 g/mol. The molecule has 0 unspecified atom stereocenters. The fraction of sp³-hybridized carbons (Fsp3) is 0.261. The van der Waals surface area contributed by atoms with Gasteiger partial charge in [-0.15, -0.1) is 22.0 Å². The van der Waals surface area contributed by atoms with Gasteiger partial charge in [0.1, 0.15) is 40.2 Å². The SMILES string of the molecule is Cc1nnc(SCC2=C(C(=O)O)N3C(=O)[C@@H](NC(=O)c4ccc(COc5cc([N+](=O)[O-])ccc5Cl)o4)[C@H]3SC2)s1. The average molecular weight is 624 g/mol. The molecule has 1 saturated heterocycles. The standard InChI is InChI=1S/C23H18ClN5O8S3/c1-10-26-27-23(40-10)39-9-11-8-38-21-17(20(31)28(21)18(11)22(32)33)25-19(30)15-5-3-13(37-15)7-36-16-6-12(29(34)35)2-4-14(16)24/h2-6,17,21H,7-9H2,1H3,(H,25,30)(H,32,33)/t17-,21-/m1/s1. The number of fused-ring (bicyclic) bond motifs is 1. The number of nitro benzene ring substituents is 1. The second-order valence-corrected chi connectivity index (χ2v) is 12.3. The van der Waals surface area contributed by atoms with Crippen LogP contribution in [0.1, 0.15) is 21.3 Å². The summed E-state index contributed by atoms with van der Waals surface area (Å²) in [4.78, 5) is 49.4. The van der Waals surface area contributed by atoms with Gasteiger partial charge in [-0.1, -0.05) is 34.7 Å². The van der Waals surface area contributed by atoms with E-state index in [0.29, 0.717) is 21.4 Å². The highest BCUT2D eigenvalue weighted by molar-refractivity contribution is 8.01. The fourth-order valence-corrected chi connectivity index (χ4v) is 7.41. The topological polar surface area (TPSA) is 178 Å². The van der Waals surface area contributed by atoms with E-state index >= 15 is 0 Å². The molecule has 2 aromatic heterocycles. The summed E-state index contributed by atoms with van der Waals surface area (Å²) in [6.07, 6.45) is 0. The molecule has 2 N–H and O–H groups in total. The number of nitro groups is 1. The first-order valence-corrected chi connectivity index (χ1v) is 14.6. The normalized spacial score (nSPS) is 18.2. The van der Waals surface area contributed by atoms with Gasteiger partial charge in [0.2, 0.25) is 0 Å². The fourth-order valence-electron chi connectivity index (χ4n) is 3.93. The first-order chi connectivity index (χ1) is 19.1. The number of aliphatic carboxylic acids is 1. The molecule has 5 rings (SSSR count). The summed E-state index contributed by atoms with van der Waals surface area (Å²) in [5.74, 6) is -1.47. The number of β-lactam (4-membered cyclic amide) rings is 1. The number of hydrogen-bond acceptors (Lipinski definition) is 12. The van der Waals surface area contributed by atoms with Gasteiger partial charge in [-0.3, -0.25) is 24.6 Å². The van der Waals surface area contributed by atoms with Gasteiger partial charge in [0.15, 0.2) is 10.1 Å². The number of aromatic nitrogens is 2. The van der Waals surface area contributed by atoms with E-state index in [9.17, 15) is 29.6 Å². The monoisotopic (exact) mass is 623 g/mol. The Hall–Kier alpha value is -3.60. The van der Waals surface area contributed by atoms with E-state index in [1.807, 2.05) is 6.92 Å². The molecule has 0 bridgehead atoms.